The van der Waals surface area contributed by atoms with E-state index in [1.54, 1.807) is 11.3 Å². The summed E-state index contributed by atoms with van der Waals surface area (Å²) in [5, 5.41) is 11.1. The molecule has 1 fully saturated rings. The first-order valence-corrected chi connectivity index (χ1v) is 10.5. The Hall–Kier alpha value is -0.680. The number of thiophene rings is 2. The van der Waals surface area contributed by atoms with Crippen molar-refractivity contribution in [1.82, 2.24) is 15.5 Å². The smallest absolute Gasteiger partial charge is 0.191 e. The highest BCUT2D eigenvalue weighted by atomic mass is 127. The molecule has 0 aromatic carbocycles. The second kappa shape index (κ2) is 11.9. The molecule has 5 nitrogen and oxygen atoms in total. The van der Waals surface area contributed by atoms with Gasteiger partial charge < -0.3 is 15.4 Å². The van der Waals surface area contributed by atoms with Gasteiger partial charge in [0, 0.05) is 35.9 Å². The second-order valence-corrected chi connectivity index (χ2v) is 7.85. The fourth-order valence-electron chi connectivity index (χ4n) is 2.87. The van der Waals surface area contributed by atoms with Crippen LogP contribution in [0.5, 0.6) is 0 Å². The molecule has 0 saturated carbocycles. The van der Waals surface area contributed by atoms with Gasteiger partial charge in [0.25, 0.3) is 0 Å². The number of rotatable bonds is 7. The van der Waals surface area contributed by atoms with E-state index in [1.807, 2.05) is 11.3 Å². The van der Waals surface area contributed by atoms with Gasteiger partial charge in [-0.05, 0) is 29.8 Å². The van der Waals surface area contributed by atoms with Crippen molar-refractivity contribution >= 4 is 52.6 Å². The van der Waals surface area contributed by atoms with E-state index in [0.717, 1.165) is 45.4 Å². The fourth-order valence-corrected chi connectivity index (χ4v) is 4.36. The molecule has 8 heteroatoms. The maximum absolute atomic E-state index is 5.52. The van der Waals surface area contributed by atoms with Gasteiger partial charge in [-0.25, -0.2) is 4.99 Å². The zero-order valence-electron chi connectivity index (χ0n) is 15.0. The van der Waals surface area contributed by atoms with Gasteiger partial charge in [0.1, 0.15) is 0 Å². The van der Waals surface area contributed by atoms with E-state index < -0.39 is 0 Å². The molecular formula is C18H27IN4OS2. The summed E-state index contributed by atoms with van der Waals surface area (Å²) in [6, 6.07) is 8.90. The van der Waals surface area contributed by atoms with Crippen molar-refractivity contribution in [2.24, 2.45) is 4.99 Å². The lowest BCUT2D eigenvalue weighted by Gasteiger charge is -2.34. The van der Waals surface area contributed by atoms with Crippen molar-refractivity contribution in [3.8, 4) is 0 Å². The Labute approximate surface area is 180 Å². The predicted octanol–water partition coefficient (Wildman–Crippen LogP) is 3.56. The number of nitrogens with zero attached hydrogens (tertiary/aromatic N) is 2. The van der Waals surface area contributed by atoms with Crippen LogP contribution in [0.25, 0.3) is 0 Å². The van der Waals surface area contributed by atoms with E-state index in [9.17, 15) is 0 Å². The fraction of sp³-hybridized carbons (Fsp3) is 0.500. The number of morpholine rings is 1. The highest BCUT2D eigenvalue weighted by molar-refractivity contribution is 14.0. The Bertz CT molecular complexity index is 628. The van der Waals surface area contributed by atoms with Crippen LogP contribution in [0.3, 0.4) is 0 Å². The minimum atomic E-state index is 0. The van der Waals surface area contributed by atoms with E-state index in [4.69, 9.17) is 9.73 Å². The van der Waals surface area contributed by atoms with Gasteiger partial charge in [0.2, 0.25) is 0 Å². The molecule has 144 valence electrons. The number of nitrogens with one attached hydrogen (secondary N) is 2. The Balaban J connectivity index is 0.00000243. The van der Waals surface area contributed by atoms with Crippen LogP contribution in [0.1, 0.15) is 22.7 Å². The lowest BCUT2D eigenvalue weighted by atomic mass is 10.2. The topological polar surface area (TPSA) is 48.9 Å². The first-order chi connectivity index (χ1) is 12.4. The number of guanidine groups is 1. The van der Waals surface area contributed by atoms with Crippen molar-refractivity contribution in [2.75, 3.05) is 39.4 Å². The summed E-state index contributed by atoms with van der Waals surface area (Å²) in [6.45, 7) is 8.10. The quantitative estimate of drug-likeness (QED) is 0.343. The first-order valence-electron chi connectivity index (χ1n) is 8.76. The van der Waals surface area contributed by atoms with E-state index >= 15 is 0 Å². The molecule has 2 aromatic rings. The van der Waals surface area contributed by atoms with Crippen molar-refractivity contribution in [3.63, 3.8) is 0 Å². The molecule has 0 radical (unpaired) electrons. The summed E-state index contributed by atoms with van der Waals surface area (Å²) in [5.74, 6) is 0.880. The van der Waals surface area contributed by atoms with Crippen LogP contribution in [-0.2, 0) is 11.3 Å². The zero-order chi connectivity index (χ0) is 17.3. The van der Waals surface area contributed by atoms with Crippen LogP contribution < -0.4 is 10.6 Å². The molecule has 26 heavy (non-hydrogen) atoms. The summed E-state index contributed by atoms with van der Waals surface area (Å²) < 4.78 is 5.52. The van der Waals surface area contributed by atoms with Crippen LogP contribution in [0.2, 0.25) is 0 Å². The first kappa shape index (κ1) is 21.6. The SMILES string of the molecule is CCNC(=NCc1cccs1)NCC(c1cccs1)N1CCOCC1.I. The minimum Gasteiger partial charge on any atom is -0.379 e. The highest BCUT2D eigenvalue weighted by Gasteiger charge is 2.23. The summed E-state index contributed by atoms with van der Waals surface area (Å²) >= 11 is 3.57. The lowest BCUT2D eigenvalue weighted by Crippen LogP contribution is -2.46. The van der Waals surface area contributed by atoms with Crippen molar-refractivity contribution in [2.45, 2.75) is 19.5 Å². The van der Waals surface area contributed by atoms with Crippen LogP contribution in [0, 0.1) is 0 Å². The molecule has 0 amide bonds. The average molecular weight is 506 g/mol. The van der Waals surface area contributed by atoms with E-state index in [-0.39, 0.29) is 24.0 Å². The minimum absolute atomic E-state index is 0. The van der Waals surface area contributed by atoms with Crippen molar-refractivity contribution in [1.29, 1.82) is 0 Å². The summed E-state index contributed by atoms with van der Waals surface area (Å²) in [5.41, 5.74) is 0. The number of aliphatic imine (C=N–C) groups is 1. The Morgan fingerprint density at radius 3 is 2.62 bits per heavy atom. The molecular weight excluding hydrogens is 479 g/mol. The number of hydrogen-bond acceptors (Lipinski definition) is 5. The Kier molecular flexibility index (Phi) is 9.91. The van der Waals surface area contributed by atoms with Gasteiger partial charge in [-0.1, -0.05) is 12.1 Å². The van der Waals surface area contributed by atoms with Gasteiger partial charge in [0.15, 0.2) is 5.96 Å². The van der Waals surface area contributed by atoms with Gasteiger partial charge in [-0.2, -0.15) is 0 Å². The molecule has 2 N–H and O–H groups in total. The Morgan fingerprint density at radius 1 is 1.19 bits per heavy atom. The van der Waals surface area contributed by atoms with Crippen LogP contribution in [0.15, 0.2) is 40.0 Å². The molecule has 3 heterocycles. The third kappa shape index (κ3) is 6.49. The highest BCUT2D eigenvalue weighted by Crippen LogP contribution is 2.25. The monoisotopic (exact) mass is 506 g/mol. The van der Waals surface area contributed by atoms with Gasteiger partial charge >= 0.3 is 0 Å². The summed E-state index contributed by atoms with van der Waals surface area (Å²) in [7, 11) is 0. The van der Waals surface area contributed by atoms with E-state index in [2.05, 4.69) is 57.5 Å². The zero-order valence-corrected chi connectivity index (χ0v) is 19.0. The molecule has 3 rings (SSSR count). The molecule has 1 saturated heterocycles. The van der Waals surface area contributed by atoms with Gasteiger partial charge in [0.05, 0.1) is 25.8 Å². The average Bonchev–Trinajstić information content (AvgIpc) is 3.35. The van der Waals surface area contributed by atoms with E-state index in [0.29, 0.717) is 12.6 Å². The molecule has 1 aliphatic rings. The van der Waals surface area contributed by atoms with Gasteiger partial charge in [-0.3, -0.25) is 4.90 Å². The van der Waals surface area contributed by atoms with E-state index in [1.165, 1.54) is 9.75 Å². The number of halogens is 1. The summed E-state index contributed by atoms with van der Waals surface area (Å²) in [6.07, 6.45) is 0. The van der Waals surface area contributed by atoms with Gasteiger partial charge in [-0.15, -0.1) is 46.7 Å². The maximum atomic E-state index is 5.52. The molecule has 0 aliphatic carbocycles. The molecule has 2 aromatic heterocycles. The summed E-state index contributed by atoms with van der Waals surface area (Å²) in [4.78, 5) is 9.89. The second-order valence-electron chi connectivity index (χ2n) is 5.83. The third-order valence-corrected chi connectivity index (χ3v) is 5.97. The van der Waals surface area contributed by atoms with Crippen molar-refractivity contribution < 1.29 is 4.74 Å². The molecule has 1 aliphatic heterocycles. The lowest BCUT2D eigenvalue weighted by molar-refractivity contribution is 0.0177. The molecule has 1 atom stereocenters. The largest absolute Gasteiger partial charge is 0.379 e. The molecule has 0 spiro atoms. The third-order valence-electron chi connectivity index (χ3n) is 4.14. The normalized spacial score (nSPS) is 16.7. The number of hydrogen-bond donors (Lipinski definition) is 2. The predicted molar refractivity (Wildman–Crippen MR) is 122 cm³/mol. The van der Waals surface area contributed by atoms with Crippen LogP contribution in [0.4, 0.5) is 0 Å². The molecule has 0 bridgehead atoms. The van der Waals surface area contributed by atoms with Crippen molar-refractivity contribution in [3.05, 3.63) is 44.8 Å². The molecule has 1 unspecified atom stereocenters. The van der Waals surface area contributed by atoms with Crippen LogP contribution >= 0.6 is 46.7 Å². The van der Waals surface area contributed by atoms with Crippen LogP contribution in [-0.4, -0.2) is 50.3 Å². The maximum Gasteiger partial charge on any atom is 0.191 e. The Morgan fingerprint density at radius 2 is 1.96 bits per heavy atom. The standard InChI is InChI=1S/C18H26N4OS2.HI/c1-2-19-18(20-13-15-5-3-11-24-15)21-14-16(17-6-4-12-25-17)22-7-9-23-10-8-22;/h3-6,11-12,16H,2,7-10,13-14H2,1H3,(H2,19,20,21);1H. The number of ether oxygens (including phenoxy) is 1.